The summed E-state index contributed by atoms with van der Waals surface area (Å²) in [6, 6.07) is 7.53. The first-order chi connectivity index (χ1) is 9.72. The van der Waals surface area contributed by atoms with Crippen LogP contribution in [-0.4, -0.2) is 60.1 Å². The number of nitrogens with one attached hydrogen (secondary N) is 1. The Morgan fingerprint density at radius 2 is 1.95 bits per heavy atom. The number of rotatable bonds is 5. The quantitative estimate of drug-likeness (QED) is 0.381. The van der Waals surface area contributed by atoms with E-state index in [-0.39, 0.29) is 12.5 Å². The van der Waals surface area contributed by atoms with Crippen LogP contribution >= 0.6 is 0 Å². The number of nitrogens with two attached hydrogens (primary N) is 1. The Morgan fingerprint density at radius 3 is 2.60 bits per heavy atom. The van der Waals surface area contributed by atoms with E-state index in [0.717, 1.165) is 44.8 Å². The van der Waals surface area contributed by atoms with Crippen molar-refractivity contribution >= 4 is 5.91 Å². The normalized spacial score (nSPS) is 17.1. The van der Waals surface area contributed by atoms with Crippen molar-refractivity contribution in [2.24, 2.45) is 5.84 Å². The first-order valence-corrected chi connectivity index (χ1v) is 6.88. The van der Waals surface area contributed by atoms with Gasteiger partial charge in [-0.05, 0) is 17.7 Å². The summed E-state index contributed by atoms with van der Waals surface area (Å²) in [5, 5.41) is 8.92. The number of carbonyl (C=O) groups is 1. The van der Waals surface area contributed by atoms with E-state index in [1.807, 2.05) is 18.2 Å². The third kappa shape index (κ3) is 4.01. The van der Waals surface area contributed by atoms with E-state index in [0.29, 0.717) is 5.56 Å². The molecule has 20 heavy (non-hydrogen) atoms. The van der Waals surface area contributed by atoms with Gasteiger partial charge in [-0.3, -0.25) is 20.0 Å². The van der Waals surface area contributed by atoms with Gasteiger partial charge in [0.05, 0.1) is 6.61 Å². The molecule has 4 N–H and O–H groups in total. The van der Waals surface area contributed by atoms with Crippen LogP contribution in [0.2, 0.25) is 0 Å². The van der Waals surface area contributed by atoms with Crippen LogP contribution in [0.1, 0.15) is 15.9 Å². The number of hydrogen-bond donors (Lipinski definition) is 3. The number of nitrogens with zero attached hydrogens (tertiary/aromatic N) is 2. The van der Waals surface area contributed by atoms with Crippen molar-refractivity contribution in [3.63, 3.8) is 0 Å². The number of carbonyl (C=O) groups excluding carboxylic acids is 1. The van der Waals surface area contributed by atoms with Crippen molar-refractivity contribution < 1.29 is 9.90 Å². The molecule has 110 valence electrons. The summed E-state index contributed by atoms with van der Waals surface area (Å²) in [4.78, 5) is 16.1. The van der Waals surface area contributed by atoms with Crippen LogP contribution in [0.3, 0.4) is 0 Å². The summed E-state index contributed by atoms with van der Waals surface area (Å²) in [6.45, 7) is 5.71. The van der Waals surface area contributed by atoms with Gasteiger partial charge in [0.1, 0.15) is 0 Å². The zero-order chi connectivity index (χ0) is 14.4. The molecule has 0 unspecified atom stereocenters. The zero-order valence-corrected chi connectivity index (χ0v) is 11.6. The number of hydrazine groups is 1. The number of β-amino-alcohol motifs (C(OH)–C–C–N with tert-alkyl or cyclic N) is 1. The van der Waals surface area contributed by atoms with E-state index >= 15 is 0 Å². The molecule has 1 heterocycles. The Hall–Kier alpha value is -1.47. The second-order valence-electron chi connectivity index (χ2n) is 5.02. The van der Waals surface area contributed by atoms with E-state index < -0.39 is 0 Å². The highest BCUT2D eigenvalue weighted by Gasteiger charge is 2.16. The van der Waals surface area contributed by atoms with Crippen LogP contribution in [0, 0.1) is 0 Å². The fourth-order valence-electron chi connectivity index (χ4n) is 2.46. The molecular formula is C14H22N4O2. The molecule has 2 rings (SSSR count). The molecule has 1 fully saturated rings. The van der Waals surface area contributed by atoms with Gasteiger partial charge in [0, 0.05) is 44.8 Å². The van der Waals surface area contributed by atoms with Gasteiger partial charge in [-0.25, -0.2) is 5.84 Å². The number of hydrogen-bond acceptors (Lipinski definition) is 5. The lowest BCUT2D eigenvalue weighted by molar-refractivity contribution is 0.0953. The lowest BCUT2D eigenvalue weighted by Crippen LogP contribution is -2.46. The molecule has 6 nitrogen and oxygen atoms in total. The minimum Gasteiger partial charge on any atom is -0.395 e. The van der Waals surface area contributed by atoms with Crippen LogP contribution in [0.4, 0.5) is 0 Å². The summed E-state index contributed by atoms with van der Waals surface area (Å²) in [6.07, 6.45) is 0. The fourth-order valence-corrected chi connectivity index (χ4v) is 2.46. The predicted octanol–water partition coefficient (Wildman–Crippen LogP) is -0.600. The van der Waals surface area contributed by atoms with E-state index in [2.05, 4.69) is 15.2 Å². The maximum absolute atomic E-state index is 11.5. The standard InChI is InChI=1S/C14H22N4O2/c15-16-14(20)13-3-1-2-12(10-13)11-18-6-4-17(5-7-18)8-9-19/h1-3,10,19H,4-9,11,15H2,(H,16,20). The van der Waals surface area contributed by atoms with Gasteiger partial charge >= 0.3 is 0 Å². The lowest BCUT2D eigenvalue weighted by atomic mass is 10.1. The topological polar surface area (TPSA) is 81.8 Å². The van der Waals surface area contributed by atoms with E-state index in [1.54, 1.807) is 6.07 Å². The summed E-state index contributed by atoms with van der Waals surface area (Å²) >= 11 is 0. The molecule has 1 aromatic rings. The highest BCUT2D eigenvalue weighted by Crippen LogP contribution is 2.10. The molecule has 1 aliphatic heterocycles. The number of aliphatic hydroxyl groups is 1. The summed E-state index contributed by atoms with van der Waals surface area (Å²) < 4.78 is 0. The zero-order valence-electron chi connectivity index (χ0n) is 11.6. The first-order valence-electron chi connectivity index (χ1n) is 6.88. The maximum atomic E-state index is 11.5. The molecule has 0 aliphatic carbocycles. The van der Waals surface area contributed by atoms with Gasteiger partial charge in [0.25, 0.3) is 5.91 Å². The molecule has 6 heteroatoms. The Morgan fingerprint density at radius 1 is 1.25 bits per heavy atom. The first kappa shape index (κ1) is 14.9. The van der Waals surface area contributed by atoms with Gasteiger partial charge in [-0.1, -0.05) is 12.1 Å². The fraction of sp³-hybridized carbons (Fsp3) is 0.500. The monoisotopic (exact) mass is 278 g/mol. The van der Waals surface area contributed by atoms with E-state index in [4.69, 9.17) is 10.9 Å². The molecule has 1 aliphatic rings. The lowest BCUT2D eigenvalue weighted by Gasteiger charge is -2.34. The Kier molecular flexibility index (Phi) is 5.49. The second kappa shape index (κ2) is 7.35. The molecular weight excluding hydrogens is 256 g/mol. The average Bonchev–Trinajstić information content (AvgIpc) is 2.49. The molecule has 0 spiro atoms. The Labute approximate surface area is 119 Å². The van der Waals surface area contributed by atoms with Crippen LogP contribution < -0.4 is 11.3 Å². The minimum absolute atomic E-state index is 0.218. The minimum atomic E-state index is -0.264. The van der Waals surface area contributed by atoms with Crippen molar-refractivity contribution in [2.45, 2.75) is 6.54 Å². The SMILES string of the molecule is NNC(=O)c1cccc(CN2CCN(CCO)CC2)c1. The smallest absolute Gasteiger partial charge is 0.265 e. The molecule has 0 radical (unpaired) electrons. The Balaban J connectivity index is 1.89. The molecule has 1 saturated heterocycles. The van der Waals surface area contributed by atoms with Crippen molar-refractivity contribution in [1.82, 2.24) is 15.2 Å². The summed E-state index contributed by atoms with van der Waals surface area (Å²) in [5.41, 5.74) is 3.85. The third-order valence-electron chi connectivity index (χ3n) is 3.61. The molecule has 0 atom stereocenters. The Bertz CT molecular complexity index is 445. The number of aliphatic hydroxyl groups excluding tert-OH is 1. The van der Waals surface area contributed by atoms with Gasteiger partial charge < -0.3 is 5.11 Å². The van der Waals surface area contributed by atoms with Gasteiger partial charge in [0.2, 0.25) is 0 Å². The number of piperazine rings is 1. The number of amides is 1. The van der Waals surface area contributed by atoms with Crippen molar-refractivity contribution in [3.8, 4) is 0 Å². The second-order valence-corrected chi connectivity index (χ2v) is 5.02. The third-order valence-corrected chi connectivity index (χ3v) is 3.61. The highest BCUT2D eigenvalue weighted by molar-refractivity contribution is 5.93. The van der Waals surface area contributed by atoms with Gasteiger partial charge in [-0.15, -0.1) is 0 Å². The van der Waals surface area contributed by atoms with Crippen LogP contribution in [0.5, 0.6) is 0 Å². The largest absolute Gasteiger partial charge is 0.395 e. The molecule has 0 saturated carbocycles. The highest BCUT2D eigenvalue weighted by atomic mass is 16.3. The van der Waals surface area contributed by atoms with Crippen molar-refractivity contribution in [1.29, 1.82) is 0 Å². The van der Waals surface area contributed by atoms with Crippen molar-refractivity contribution in [2.75, 3.05) is 39.3 Å². The predicted molar refractivity (Wildman–Crippen MR) is 76.9 cm³/mol. The molecule has 0 bridgehead atoms. The number of nitrogen functional groups attached to an aromatic ring is 1. The van der Waals surface area contributed by atoms with E-state index in [9.17, 15) is 4.79 Å². The average molecular weight is 278 g/mol. The maximum Gasteiger partial charge on any atom is 0.265 e. The molecule has 1 aromatic carbocycles. The molecule has 0 aromatic heterocycles. The van der Waals surface area contributed by atoms with Crippen molar-refractivity contribution in [3.05, 3.63) is 35.4 Å². The summed E-state index contributed by atoms with van der Waals surface area (Å²) in [7, 11) is 0. The van der Waals surface area contributed by atoms with E-state index in [1.165, 1.54) is 0 Å². The van der Waals surface area contributed by atoms with Crippen LogP contribution in [0.25, 0.3) is 0 Å². The van der Waals surface area contributed by atoms with Gasteiger partial charge in [0.15, 0.2) is 0 Å². The van der Waals surface area contributed by atoms with Crippen LogP contribution in [0.15, 0.2) is 24.3 Å². The summed E-state index contributed by atoms with van der Waals surface area (Å²) in [5.74, 6) is 4.88. The number of benzene rings is 1. The van der Waals surface area contributed by atoms with Gasteiger partial charge in [-0.2, -0.15) is 0 Å². The molecule has 1 amide bonds. The van der Waals surface area contributed by atoms with Crippen LogP contribution in [-0.2, 0) is 6.54 Å².